The number of hydrogen-bond acceptors (Lipinski definition) is 4. The predicted octanol–water partition coefficient (Wildman–Crippen LogP) is 0.765. The van der Waals surface area contributed by atoms with E-state index in [0.717, 1.165) is 11.3 Å². The fourth-order valence-electron chi connectivity index (χ4n) is 2.20. The Labute approximate surface area is 106 Å². The molecular formula is C13H17NO4. The summed E-state index contributed by atoms with van der Waals surface area (Å²) in [6.45, 7) is 1.03. The van der Waals surface area contributed by atoms with Gasteiger partial charge in [-0.2, -0.15) is 0 Å². The number of nitrogens with two attached hydrogens (primary N) is 1. The number of aliphatic carboxylic acids is 1. The zero-order valence-electron chi connectivity index (χ0n) is 10.3. The molecule has 1 aromatic carbocycles. The second-order valence-electron chi connectivity index (χ2n) is 4.65. The van der Waals surface area contributed by atoms with Crippen molar-refractivity contribution in [2.24, 2.45) is 5.73 Å². The molecule has 1 atom stereocenters. The van der Waals surface area contributed by atoms with E-state index in [4.69, 9.17) is 20.3 Å². The van der Waals surface area contributed by atoms with Gasteiger partial charge in [0, 0.05) is 5.41 Å². The summed E-state index contributed by atoms with van der Waals surface area (Å²) in [4.78, 5) is 10.9. The molecule has 5 nitrogen and oxygen atoms in total. The first-order chi connectivity index (χ1) is 8.57. The lowest BCUT2D eigenvalue weighted by Crippen LogP contribution is -2.51. The molecule has 3 N–H and O–H groups in total. The molecule has 0 amide bonds. The minimum absolute atomic E-state index is 0.274. The van der Waals surface area contributed by atoms with Gasteiger partial charge in [-0.3, -0.25) is 4.79 Å². The molecule has 18 heavy (non-hydrogen) atoms. The summed E-state index contributed by atoms with van der Waals surface area (Å²) in [5, 5.41) is 8.91. The summed E-state index contributed by atoms with van der Waals surface area (Å²) in [5.41, 5.74) is 6.40. The molecule has 0 spiro atoms. The van der Waals surface area contributed by atoms with Crippen molar-refractivity contribution < 1.29 is 19.4 Å². The zero-order valence-corrected chi connectivity index (χ0v) is 10.3. The Bertz CT molecular complexity index is 425. The van der Waals surface area contributed by atoms with Gasteiger partial charge in [0.2, 0.25) is 0 Å². The minimum atomic E-state index is -0.977. The third kappa shape index (κ3) is 2.32. The Hall–Kier alpha value is -1.59. The standard InChI is InChI=1S/C13H17NO4/c1-17-10-4-2-9(3-5-10)13(7-18-8-13)6-11(14)12(15)16/h2-5,11H,6-8,14H2,1H3,(H,15,16). The highest BCUT2D eigenvalue weighted by atomic mass is 16.5. The first-order valence-corrected chi connectivity index (χ1v) is 5.78. The van der Waals surface area contributed by atoms with E-state index >= 15 is 0 Å². The molecule has 0 aliphatic carbocycles. The van der Waals surface area contributed by atoms with Crippen molar-refractivity contribution in [3.63, 3.8) is 0 Å². The highest BCUT2D eigenvalue weighted by molar-refractivity contribution is 5.73. The van der Waals surface area contributed by atoms with E-state index < -0.39 is 12.0 Å². The van der Waals surface area contributed by atoms with Gasteiger partial charge in [0.1, 0.15) is 11.8 Å². The summed E-state index contributed by atoms with van der Waals surface area (Å²) in [5.74, 6) is -0.202. The number of rotatable bonds is 5. The van der Waals surface area contributed by atoms with Crippen molar-refractivity contribution in [2.45, 2.75) is 17.9 Å². The molecule has 98 valence electrons. The Kier molecular flexibility index (Phi) is 3.54. The predicted molar refractivity (Wildman–Crippen MR) is 65.7 cm³/mol. The number of benzene rings is 1. The first kappa shape index (κ1) is 12.9. The number of carboxylic acids is 1. The number of carbonyl (C=O) groups is 1. The topological polar surface area (TPSA) is 81.8 Å². The second kappa shape index (κ2) is 4.96. The Morgan fingerprint density at radius 2 is 2.11 bits per heavy atom. The highest BCUT2D eigenvalue weighted by Crippen LogP contribution is 2.37. The molecule has 0 saturated carbocycles. The Morgan fingerprint density at radius 1 is 1.50 bits per heavy atom. The molecule has 0 radical (unpaired) electrons. The van der Waals surface area contributed by atoms with E-state index in [1.807, 2.05) is 24.3 Å². The van der Waals surface area contributed by atoms with Crippen LogP contribution in [0.5, 0.6) is 5.75 Å². The fourth-order valence-corrected chi connectivity index (χ4v) is 2.20. The molecule has 1 fully saturated rings. The third-order valence-corrected chi connectivity index (χ3v) is 3.39. The maximum atomic E-state index is 10.9. The van der Waals surface area contributed by atoms with Gasteiger partial charge < -0.3 is 20.3 Å². The average molecular weight is 251 g/mol. The van der Waals surface area contributed by atoms with Gasteiger partial charge in [0.25, 0.3) is 0 Å². The summed E-state index contributed by atoms with van der Waals surface area (Å²) < 4.78 is 10.4. The van der Waals surface area contributed by atoms with E-state index in [0.29, 0.717) is 19.6 Å². The van der Waals surface area contributed by atoms with Crippen molar-refractivity contribution in [3.8, 4) is 5.75 Å². The van der Waals surface area contributed by atoms with Crippen molar-refractivity contribution in [2.75, 3.05) is 20.3 Å². The zero-order chi connectivity index (χ0) is 13.2. The van der Waals surface area contributed by atoms with E-state index in [1.54, 1.807) is 7.11 Å². The quantitative estimate of drug-likeness (QED) is 0.807. The molecule has 2 rings (SSSR count). The summed E-state index contributed by atoms with van der Waals surface area (Å²) >= 11 is 0. The van der Waals surface area contributed by atoms with E-state index in [-0.39, 0.29) is 5.41 Å². The van der Waals surface area contributed by atoms with Gasteiger partial charge in [0.15, 0.2) is 0 Å². The van der Waals surface area contributed by atoms with Crippen LogP contribution in [0.1, 0.15) is 12.0 Å². The van der Waals surface area contributed by atoms with Crippen molar-refractivity contribution in [1.29, 1.82) is 0 Å². The smallest absolute Gasteiger partial charge is 0.320 e. The largest absolute Gasteiger partial charge is 0.497 e. The monoisotopic (exact) mass is 251 g/mol. The van der Waals surface area contributed by atoms with Gasteiger partial charge in [-0.15, -0.1) is 0 Å². The maximum absolute atomic E-state index is 10.9. The molecule has 0 aromatic heterocycles. The average Bonchev–Trinajstić information content (AvgIpc) is 2.33. The van der Waals surface area contributed by atoms with E-state index in [9.17, 15) is 4.79 Å². The highest BCUT2D eigenvalue weighted by Gasteiger charge is 2.42. The third-order valence-electron chi connectivity index (χ3n) is 3.39. The van der Waals surface area contributed by atoms with Crippen LogP contribution >= 0.6 is 0 Å². The van der Waals surface area contributed by atoms with Crippen molar-refractivity contribution in [1.82, 2.24) is 0 Å². The second-order valence-corrected chi connectivity index (χ2v) is 4.65. The minimum Gasteiger partial charge on any atom is -0.497 e. The molecule has 1 aromatic rings. The molecule has 1 unspecified atom stereocenters. The van der Waals surface area contributed by atoms with Crippen LogP contribution in [0.25, 0.3) is 0 Å². The van der Waals surface area contributed by atoms with Gasteiger partial charge in [0.05, 0.1) is 20.3 Å². The first-order valence-electron chi connectivity index (χ1n) is 5.78. The summed E-state index contributed by atoms with van der Waals surface area (Å²) in [6.07, 6.45) is 0.384. The maximum Gasteiger partial charge on any atom is 0.320 e. The lowest BCUT2D eigenvalue weighted by molar-refractivity contribution is -0.141. The van der Waals surface area contributed by atoms with Crippen molar-refractivity contribution in [3.05, 3.63) is 29.8 Å². The lowest BCUT2D eigenvalue weighted by Gasteiger charge is -2.43. The SMILES string of the molecule is COc1ccc(C2(CC(N)C(=O)O)COC2)cc1. The van der Waals surface area contributed by atoms with Crippen LogP contribution in [0, 0.1) is 0 Å². The molecule has 1 saturated heterocycles. The van der Waals surface area contributed by atoms with E-state index in [2.05, 4.69) is 0 Å². The summed E-state index contributed by atoms with van der Waals surface area (Å²) in [7, 11) is 1.61. The van der Waals surface area contributed by atoms with Crippen LogP contribution in [0.15, 0.2) is 24.3 Å². The van der Waals surface area contributed by atoms with Gasteiger partial charge in [-0.1, -0.05) is 12.1 Å². The number of ether oxygens (including phenoxy) is 2. The van der Waals surface area contributed by atoms with Crippen LogP contribution in [0.2, 0.25) is 0 Å². The number of hydrogen-bond donors (Lipinski definition) is 2. The van der Waals surface area contributed by atoms with Crippen LogP contribution in [-0.4, -0.2) is 37.4 Å². The molecule has 0 bridgehead atoms. The number of methoxy groups -OCH3 is 1. The van der Waals surface area contributed by atoms with E-state index in [1.165, 1.54) is 0 Å². The van der Waals surface area contributed by atoms with Gasteiger partial charge in [-0.25, -0.2) is 0 Å². The Balaban J connectivity index is 2.18. The van der Waals surface area contributed by atoms with Gasteiger partial charge >= 0.3 is 5.97 Å². The van der Waals surface area contributed by atoms with Crippen molar-refractivity contribution >= 4 is 5.97 Å². The molecule has 1 aliphatic rings. The Morgan fingerprint density at radius 3 is 2.50 bits per heavy atom. The van der Waals surface area contributed by atoms with Gasteiger partial charge in [-0.05, 0) is 24.1 Å². The molecule has 1 heterocycles. The van der Waals surface area contributed by atoms with Crippen LogP contribution in [0.3, 0.4) is 0 Å². The van der Waals surface area contributed by atoms with Crippen LogP contribution in [0.4, 0.5) is 0 Å². The van der Waals surface area contributed by atoms with Crippen LogP contribution < -0.4 is 10.5 Å². The van der Waals surface area contributed by atoms with Crippen LogP contribution in [-0.2, 0) is 14.9 Å². The lowest BCUT2D eigenvalue weighted by atomic mass is 9.74. The summed E-state index contributed by atoms with van der Waals surface area (Å²) in [6, 6.07) is 6.74. The number of carboxylic acid groups (broad SMARTS) is 1. The fraction of sp³-hybridized carbons (Fsp3) is 0.462. The normalized spacial score (nSPS) is 18.8. The molecule has 1 aliphatic heterocycles. The molecule has 5 heteroatoms. The molecular weight excluding hydrogens is 234 g/mol.